The topological polar surface area (TPSA) is 104 Å². The number of aliphatic hydroxyl groups is 1. The molecule has 0 heterocycles. The number of ketones is 1. The zero-order valence-electron chi connectivity index (χ0n) is 29.2. The van der Waals surface area contributed by atoms with Gasteiger partial charge in [0, 0.05) is 28.7 Å². The van der Waals surface area contributed by atoms with Crippen LogP contribution in [0.1, 0.15) is 74.5 Å². The summed E-state index contributed by atoms with van der Waals surface area (Å²) in [5.74, 6) is -6.71. The van der Waals surface area contributed by atoms with Crippen molar-refractivity contribution in [1.29, 1.82) is 0 Å². The maximum absolute atomic E-state index is 15.3. The van der Waals surface area contributed by atoms with Gasteiger partial charge < -0.3 is 9.66 Å². The van der Waals surface area contributed by atoms with E-state index in [9.17, 15) is 36.0 Å². The first-order valence-corrected chi connectivity index (χ1v) is 20.4. The molecule has 4 aliphatic rings. The van der Waals surface area contributed by atoms with Crippen LogP contribution in [0.15, 0.2) is 104 Å². The summed E-state index contributed by atoms with van der Waals surface area (Å²) >= 11 is 0. The van der Waals surface area contributed by atoms with Gasteiger partial charge in [-0.2, -0.15) is 30.4 Å². The highest BCUT2D eigenvalue weighted by atomic mass is 32.3. The van der Waals surface area contributed by atoms with Crippen molar-refractivity contribution in [2.75, 3.05) is 0 Å². The van der Waals surface area contributed by atoms with Crippen LogP contribution in [0.4, 0.5) is 22.0 Å². The molecule has 0 aliphatic heterocycles. The van der Waals surface area contributed by atoms with Crippen LogP contribution in [0.5, 0.6) is 0 Å². The Labute approximate surface area is 308 Å². The van der Waals surface area contributed by atoms with Gasteiger partial charge in [-0.25, -0.2) is 0 Å². The normalized spacial score (nSPS) is 28.3. The highest BCUT2D eigenvalue weighted by Crippen LogP contribution is 2.70. The van der Waals surface area contributed by atoms with Gasteiger partial charge in [0.15, 0.2) is 5.78 Å². The van der Waals surface area contributed by atoms with E-state index in [0.717, 1.165) is 39.0 Å². The number of aryl methyl sites for hydroxylation is 1. The largest absolute Gasteiger partial charge is 0.456 e. The van der Waals surface area contributed by atoms with E-state index in [-0.39, 0.29) is 35.2 Å². The Kier molecular flexibility index (Phi) is 9.52. The van der Waals surface area contributed by atoms with Crippen molar-refractivity contribution in [3.8, 4) is 11.1 Å². The number of alkyl halides is 5. The van der Waals surface area contributed by atoms with Gasteiger partial charge in [-0.05, 0) is 109 Å². The number of nitrogens with zero attached hydrogens (tertiary/aromatic N) is 1. The fourth-order valence-electron chi connectivity index (χ4n) is 9.46. The van der Waals surface area contributed by atoms with Crippen molar-refractivity contribution in [3.05, 3.63) is 112 Å². The molecular formula is C40H40F5NO5S2. The van der Waals surface area contributed by atoms with Gasteiger partial charge in [-0.1, -0.05) is 78.7 Å². The lowest BCUT2D eigenvalue weighted by molar-refractivity contribution is -0.362. The molecule has 2 fully saturated rings. The standard InChI is InChI=1S/C40H40F5NO5S2/c1-24-3-15-31(16-4-24)53(50,51)46-52(49)23-25-5-7-26(8-6-25)27-9-11-28(12-10-27)34-22-37(2)35(19-20-38(37,48)39(41,42)40(43,44)45)33-17-13-29-21-30(47)14-18-32(29)36(33)34/h3-12,15-16,21,33-35,48H,13-14,17-20,22-23H2,1-2H3,(H,46,49)/t33?,34-,35?,37+,38-,52?/m1/s1. The molecule has 0 aromatic heterocycles. The third-order valence-corrected chi connectivity index (χ3v) is 15.1. The van der Waals surface area contributed by atoms with Crippen LogP contribution < -0.4 is 0 Å². The Hall–Kier alpha value is -3.52. The molecule has 2 saturated carbocycles. The lowest BCUT2D eigenvalue weighted by Crippen LogP contribution is -2.65. The first-order valence-electron chi connectivity index (χ1n) is 17.6. The summed E-state index contributed by atoms with van der Waals surface area (Å²) in [5.41, 5.74) is 1.82. The van der Waals surface area contributed by atoms with Crippen LogP contribution in [0.3, 0.4) is 0 Å². The molecule has 3 aromatic rings. The smallest absolute Gasteiger partial charge is 0.383 e. The van der Waals surface area contributed by atoms with Crippen molar-refractivity contribution in [1.82, 2.24) is 0 Å². The summed E-state index contributed by atoms with van der Waals surface area (Å²) < 4.78 is 112. The molecule has 282 valence electrons. The second-order valence-electron chi connectivity index (χ2n) is 15.1. The molecule has 2 N–H and O–H groups in total. The van der Waals surface area contributed by atoms with E-state index in [1.807, 2.05) is 43.3 Å². The zero-order valence-corrected chi connectivity index (χ0v) is 30.8. The Morgan fingerprint density at radius 3 is 2.13 bits per heavy atom. The second kappa shape index (κ2) is 13.3. The molecule has 13 heteroatoms. The highest BCUT2D eigenvalue weighted by Gasteiger charge is 2.79. The molecule has 0 radical (unpaired) electrons. The van der Waals surface area contributed by atoms with E-state index in [2.05, 4.69) is 3.77 Å². The molecule has 0 saturated heterocycles. The Bertz CT molecular complexity index is 2140. The molecule has 0 bridgehead atoms. The maximum Gasteiger partial charge on any atom is 0.456 e. The fraction of sp³-hybridized carbons (Fsp3) is 0.425. The summed E-state index contributed by atoms with van der Waals surface area (Å²) in [4.78, 5) is 12.3. The Balaban J connectivity index is 1.18. The number of fused-ring (bicyclic) bond motifs is 4. The molecule has 7 rings (SSSR count). The number of hydrogen-bond donors (Lipinski definition) is 2. The van der Waals surface area contributed by atoms with Crippen LogP contribution in [-0.2, 0) is 31.5 Å². The molecule has 0 amide bonds. The third kappa shape index (κ3) is 6.44. The summed E-state index contributed by atoms with van der Waals surface area (Å²) in [6, 6.07) is 20.8. The second-order valence-corrected chi connectivity index (χ2v) is 18.1. The molecule has 3 aromatic carbocycles. The van der Waals surface area contributed by atoms with Gasteiger partial charge in [0.2, 0.25) is 0 Å². The van der Waals surface area contributed by atoms with Gasteiger partial charge in [-0.3, -0.25) is 4.79 Å². The Morgan fingerprint density at radius 2 is 1.51 bits per heavy atom. The Morgan fingerprint density at radius 1 is 0.887 bits per heavy atom. The van der Waals surface area contributed by atoms with Crippen molar-refractivity contribution in [2.45, 2.75) is 93.1 Å². The molecular weight excluding hydrogens is 734 g/mol. The minimum Gasteiger partial charge on any atom is -0.383 e. The number of benzene rings is 3. The van der Waals surface area contributed by atoms with Crippen molar-refractivity contribution >= 4 is 26.8 Å². The number of hydrogen-bond acceptors (Lipinski definition) is 4. The summed E-state index contributed by atoms with van der Waals surface area (Å²) in [6.45, 7) is 3.24. The molecule has 6 nitrogen and oxygen atoms in total. The number of rotatable bonds is 7. The van der Waals surface area contributed by atoms with E-state index in [1.54, 1.807) is 30.3 Å². The third-order valence-electron chi connectivity index (χ3n) is 12.2. The van der Waals surface area contributed by atoms with Crippen LogP contribution in [-0.4, -0.2) is 41.6 Å². The molecule has 6 atom stereocenters. The molecule has 4 aliphatic carbocycles. The van der Waals surface area contributed by atoms with Crippen molar-refractivity contribution in [3.63, 3.8) is 0 Å². The van der Waals surface area contributed by atoms with Crippen LogP contribution in [0.25, 0.3) is 11.1 Å². The van der Waals surface area contributed by atoms with E-state index in [4.69, 9.17) is 0 Å². The first kappa shape index (κ1) is 37.8. The van der Waals surface area contributed by atoms with E-state index >= 15 is 8.78 Å². The number of halogens is 5. The molecule has 53 heavy (non-hydrogen) atoms. The van der Waals surface area contributed by atoms with Crippen molar-refractivity contribution < 1.29 is 44.8 Å². The average molecular weight is 774 g/mol. The maximum atomic E-state index is 15.3. The minimum atomic E-state index is -5.91. The molecule has 3 unspecified atom stereocenters. The predicted octanol–water partition coefficient (Wildman–Crippen LogP) is 9.65. The fourth-order valence-corrected chi connectivity index (χ4v) is 11.9. The van der Waals surface area contributed by atoms with E-state index < -0.39 is 62.4 Å². The van der Waals surface area contributed by atoms with Gasteiger partial charge >= 0.3 is 12.1 Å². The summed E-state index contributed by atoms with van der Waals surface area (Å²) in [6.07, 6.45) is -3.13. The lowest BCUT2D eigenvalue weighted by atomic mass is 9.50. The van der Waals surface area contributed by atoms with Gasteiger partial charge in [0.25, 0.3) is 10.0 Å². The summed E-state index contributed by atoms with van der Waals surface area (Å²) in [7, 11) is -5.84. The number of carbonyl (C=O) groups is 1. The number of allylic oxidation sites excluding steroid dienone is 4. The number of carbonyl (C=O) groups excluding carboxylic acids is 1. The number of sulfonamides is 1. The zero-order chi connectivity index (χ0) is 38.1. The van der Waals surface area contributed by atoms with Crippen molar-refractivity contribution in [2.24, 2.45) is 21.0 Å². The molecule has 0 spiro atoms. The van der Waals surface area contributed by atoms with Gasteiger partial charge in [0.05, 0.1) is 10.6 Å². The van der Waals surface area contributed by atoms with E-state index in [1.165, 1.54) is 19.1 Å². The van der Waals surface area contributed by atoms with Crippen LogP contribution in [0, 0.1) is 24.2 Å². The van der Waals surface area contributed by atoms with Crippen LogP contribution in [0.2, 0.25) is 0 Å². The highest BCUT2D eigenvalue weighted by molar-refractivity contribution is 7.97. The van der Waals surface area contributed by atoms with Gasteiger partial charge in [0.1, 0.15) is 5.60 Å². The van der Waals surface area contributed by atoms with Gasteiger partial charge in [-0.15, -0.1) is 3.77 Å². The van der Waals surface area contributed by atoms with E-state index in [0.29, 0.717) is 31.2 Å². The van der Waals surface area contributed by atoms with Crippen LogP contribution >= 0.6 is 0 Å². The monoisotopic (exact) mass is 773 g/mol. The average Bonchev–Trinajstić information content (AvgIpc) is 3.38. The minimum absolute atomic E-state index is 0.00415. The predicted molar refractivity (Wildman–Crippen MR) is 193 cm³/mol. The lowest BCUT2D eigenvalue weighted by Gasteiger charge is -2.56. The summed E-state index contributed by atoms with van der Waals surface area (Å²) in [5, 5.41) is 11.5. The quantitative estimate of drug-likeness (QED) is 0.233. The SMILES string of the molecule is Cc1ccc(S(=O)(=O)/N=S(\O)Cc2ccc(-c3ccc([C@H]4C[C@@]5(C)C(CC[C@]5(O)C(F)(F)C(F)(F)F)C5CCC6=CC(=O)CCC6=C54)cc3)cc2)cc1. The first-order chi connectivity index (χ1) is 24.8.